The lowest BCUT2D eigenvalue weighted by atomic mass is 9.97. The Balaban J connectivity index is 2.77. The molecule has 96 valence electrons. The quantitative estimate of drug-likeness (QED) is 0.683. The van der Waals surface area contributed by atoms with Crippen molar-refractivity contribution in [3.63, 3.8) is 0 Å². The molecule has 0 aromatic heterocycles. The van der Waals surface area contributed by atoms with Crippen LogP contribution in [0.25, 0.3) is 0 Å². The fourth-order valence-electron chi connectivity index (χ4n) is 2.01. The van der Waals surface area contributed by atoms with Gasteiger partial charge >= 0.3 is 0 Å². The van der Waals surface area contributed by atoms with Crippen LogP contribution < -0.4 is 5.73 Å². The van der Waals surface area contributed by atoms with E-state index in [2.05, 4.69) is 0 Å². The van der Waals surface area contributed by atoms with Gasteiger partial charge in [0.1, 0.15) is 18.3 Å². The van der Waals surface area contributed by atoms with Gasteiger partial charge in [0.05, 0.1) is 12.6 Å². The summed E-state index contributed by atoms with van der Waals surface area (Å²) in [6, 6.07) is -0.381. The molecule has 1 fully saturated rings. The van der Waals surface area contributed by atoms with Gasteiger partial charge in [-0.15, -0.1) is 0 Å². The van der Waals surface area contributed by atoms with Crippen molar-refractivity contribution in [3.05, 3.63) is 0 Å². The number of nitrogens with two attached hydrogens (primary N) is 1. The van der Waals surface area contributed by atoms with Gasteiger partial charge in [0.25, 0.3) is 0 Å². The first-order valence-corrected chi connectivity index (χ1v) is 5.18. The largest absolute Gasteiger partial charge is 0.382 e. The molecular formula is C10H21NO5. The smallest absolute Gasteiger partial charge is 0.175 e. The molecule has 16 heavy (non-hydrogen) atoms. The van der Waals surface area contributed by atoms with Crippen LogP contribution in [0.15, 0.2) is 0 Å². The second-order valence-corrected chi connectivity index (χ2v) is 3.71. The van der Waals surface area contributed by atoms with Crippen molar-refractivity contribution in [2.75, 3.05) is 35.0 Å². The predicted molar refractivity (Wildman–Crippen MR) is 57.1 cm³/mol. The predicted octanol–water partition coefficient (Wildman–Crippen LogP) is -0.639. The van der Waals surface area contributed by atoms with Gasteiger partial charge in [-0.2, -0.15) is 0 Å². The molecule has 0 aromatic carbocycles. The van der Waals surface area contributed by atoms with E-state index < -0.39 is 6.29 Å². The molecule has 6 nitrogen and oxygen atoms in total. The Morgan fingerprint density at radius 1 is 1.00 bits per heavy atom. The third kappa shape index (κ3) is 2.71. The van der Waals surface area contributed by atoms with Crippen LogP contribution in [0, 0.1) is 0 Å². The van der Waals surface area contributed by atoms with Crippen LogP contribution >= 0.6 is 0 Å². The number of ether oxygens (including phenoxy) is 5. The molecule has 5 atom stereocenters. The first kappa shape index (κ1) is 13.8. The number of hydrogen-bond donors (Lipinski definition) is 1. The van der Waals surface area contributed by atoms with Crippen molar-refractivity contribution < 1.29 is 23.7 Å². The van der Waals surface area contributed by atoms with Crippen molar-refractivity contribution >= 4 is 0 Å². The Labute approximate surface area is 95.9 Å². The molecule has 3 unspecified atom stereocenters. The number of hydrogen-bond acceptors (Lipinski definition) is 6. The molecule has 0 spiro atoms. The first-order valence-electron chi connectivity index (χ1n) is 5.18. The van der Waals surface area contributed by atoms with E-state index in [0.29, 0.717) is 6.61 Å². The van der Waals surface area contributed by atoms with E-state index >= 15 is 0 Å². The Kier molecular flexibility index (Phi) is 5.60. The summed E-state index contributed by atoms with van der Waals surface area (Å²) in [4.78, 5) is 0. The van der Waals surface area contributed by atoms with Crippen LogP contribution in [-0.4, -0.2) is 65.7 Å². The molecule has 0 amide bonds. The highest BCUT2D eigenvalue weighted by atomic mass is 16.7. The van der Waals surface area contributed by atoms with E-state index in [1.807, 2.05) is 0 Å². The lowest BCUT2D eigenvalue weighted by molar-refractivity contribution is -0.267. The molecule has 0 bridgehead atoms. The van der Waals surface area contributed by atoms with Crippen molar-refractivity contribution in [2.45, 2.75) is 30.6 Å². The van der Waals surface area contributed by atoms with Crippen LogP contribution in [0.3, 0.4) is 0 Å². The average Bonchev–Trinajstić information content (AvgIpc) is 2.30. The fourth-order valence-corrected chi connectivity index (χ4v) is 2.01. The molecular weight excluding hydrogens is 214 g/mol. The van der Waals surface area contributed by atoms with Gasteiger partial charge in [-0.1, -0.05) is 0 Å². The Morgan fingerprint density at radius 3 is 2.06 bits per heavy atom. The highest BCUT2D eigenvalue weighted by Crippen LogP contribution is 2.24. The van der Waals surface area contributed by atoms with Crippen molar-refractivity contribution in [1.29, 1.82) is 0 Å². The molecule has 6 heteroatoms. The number of methoxy groups -OCH3 is 4. The minimum Gasteiger partial charge on any atom is -0.382 e. The summed E-state index contributed by atoms with van der Waals surface area (Å²) in [5, 5.41) is 0. The maximum Gasteiger partial charge on any atom is 0.175 e. The summed E-state index contributed by atoms with van der Waals surface area (Å²) >= 11 is 0. The van der Waals surface area contributed by atoms with Gasteiger partial charge in [0, 0.05) is 28.4 Å². The normalized spacial score (nSPS) is 39.9. The minimum absolute atomic E-state index is 0.246. The summed E-state index contributed by atoms with van der Waals surface area (Å²) in [7, 11) is 6.35. The van der Waals surface area contributed by atoms with E-state index in [-0.39, 0.29) is 24.4 Å². The SMILES string of the molecule is COCC1O[C@@H](OC)C(N)C(OC)[C@H]1OC. The molecule has 1 saturated heterocycles. The zero-order chi connectivity index (χ0) is 12.1. The number of rotatable bonds is 5. The van der Waals surface area contributed by atoms with Crippen LogP contribution in [-0.2, 0) is 23.7 Å². The van der Waals surface area contributed by atoms with Gasteiger partial charge in [0.2, 0.25) is 0 Å². The average molecular weight is 235 g/mol. The first-order chi connectivity index (χ1) is 7.69. The minimum atomic E-state index is -0.503. The van der Waals surface area contributed by atoms with Gasteiger partial charge < -0.3 is 29.4 Å². The van der Waals surface area contributed by atoms with Gasteiger partial charge in [-0.25, -0.2) is 0 Å². The van der Waals surface area contributed by atoms with Crippen molar-refractivity contribution in [1.82, 2.24) is 0 Å². The summed E-state index contributed by atoms with van der Waals surface area (Å²) in [5.74, 6) is 0. The molecule has 0 aliphatic carbocycles. The van der Waals surface area contributed by atoms with E-state index in [0.717, 1.165) is 0 Å². The lowest BCUT2D eigenvalue weighted by Gasteiger charge is -2.43. The molecule has 1 heterocycles. The topological polar surface area (TPSA) is 72.2 Å². The zero-order valence-electron chi connectivity index (χ0n) is 10.2. The maximum absolute atomic E-state index is 5.97. The zero-order valence-corrected chi connectivity index (χ0v) is 10.2. The lowest BCUT2D eigenvalue weighted by Crippen LogP contribution is -2.63. The van der Waals surface area contributed by atoms with Gasteiger partial charge in [-0.3, -0.25) is 0 Å². The highest BCUT2D eigenvalue weighted by Gasteiger charge is 2.45. The molecule has 1 aliphatic rings. The van der Waals surface area contributed by atoms with Crippen LogP contribution in [0.1, 0.15) is 0 Å². The third-order valence-electron chi connectivity index (χ3n) is 2.80. The van der Waals surface area contributed by atoms with E-state index in [4.69, 9.17) is 29.4 Å². The van der Waals surface area contributed by atoms with Crippen LogP contribution in [0.5, 0.6) is 0 Å². The monoisotopic (exact) mass is 235 g/mol. The fraction of sp³-hybridized carbons (Fsp3) is 1.00. The Bertz CT molecular complexity index is 200. The third-order valence-corrected chi connectivity index (χ3v) is 2.80. The van der Waals surface area contributed by atoms with Crippen LogP contribution in [0.2, 0.25) is 0 Å². The van der Waals surface area contributed by atoms with E-state index in [1.54, 1.807) is 28.4 Å². The Hall–Kier alpha value is -0.240. The second-order valence-electron chi connectivity index (χ2n) is 3.71. The van der Waals surface area contributed by atoms with Crippen molar-refractivity contribution in [2.24, 2.45) is 5.73 Å². The molecule has 0 aromatic rings. The molecule has 0 saturated carbocycles. The second kappa shape index (κ2) is 6.48. The molecule has 1 aliphatic heterocycles. The molecule has 0 radical (unpaired) electrons. The van der Waals surface area contributed by atoms with Crippen LogP contribution in [0.4, 0.5) is 0 Å². The summed E-state index contributed by atoms with van der Waals surface area (Å²) in [6.07, 6.45) is -1.28. The van der Waals surface area contributed by atoms with E-state index in [9.17, 15) is 0 Å². The summed E-state index contributed by atoms with van der Waals surface area (Å²) in [5.41, 5.74) is 5.97. The molecule has 1 rings (SSSR count). The standard InChI is InChI=1S/C10H21NO5/c1-12-5-6-8(13-2)9(14-3)7(11)10(15-4)16-6/h6-10H,5,11H2,1-4H3/t6?,7?,8-,9?,10+/m0/s1. The van der Waals surface area contributed by atoms with Gasteiger partial charge in [0.15, 0.2) is 6.29 Å². The molecule has 2 N–H and O–H groups in total. The highest BCUT2D eigenvalue weighted by molar-refractivity contribution is 4.93. The summed E-state index contributed by atoms with van der Waals surface area (Å²) < 4.78 is 26.6. The van der Waals surface area contributed by atoms with Gasteiger partial charge in [-0.05, 0) is 0 Å². The maximum atomic E-state index is 5.97. The van der Waals surface area contributed by atoms with Crippen molar-refractivity contribution in [3.8, 4) is 0 Å². The van der Waals surface area contributed by atoms with E-state index in [1.165, 1.54) is 0 Å². The summed E-state index contributed by atoms with van der Waals surface area (Å²) in [6.45, 7) is 0.408. The Morgan fingerprint density at radius 2 is 1.62 bits per heavy atom.